The minimum Gasteiger partial charge on any atom is -0.422 e. The third kappa shape index (κ3) is 3.46. The van der Waals surface area contributed by atoms with Crippen LogP contribution in [0.1, 0.15) is 5.56 Å². The van der Waals surface area contributed by atoms with E-state index in [4.69, 9.17) is 17.4 Å². The van der Waals surface area contributed by atoms with Gasteiger partial charge in [-0.05, 0) is 5.56 Å². The molecule has 1 unspecified atom stereocenters. The highest BCUT2D eigenvalue weighted by molar-refractivity contribution is 8.13. The Morgan fingerprint density at radius 2 is 2.10 bits per heavy atom. The Morgan fingerprint density at radius 3 is 2.80 bits per heavy atom. The molecule has 0 spiro atoms. The van der Waals surface area contributed by atoms with Crippen molar-refractivity contribution in [2.45, 2.75) is 15.0 Å². The van der Waals surface area contributed by atoms with Crippen molar-refractivity contribution in [1.82, 2.24) is 10.3 Å². The highest BCUT2D eigenvalue weighted by atomic mass is 32.2. The number of rotatable bonds is 4. The van der Waals surface area contributed by atoms with Crippen LogP contribution in [0.4, 0.5) is 0 Å². The summed E-state index contributed by atoms with van der Waals surface area (Å²) < 4.78 is 5.96. The van der Waals surface area contributed by atoms with Gasteiger partial charge in [-0.3, -0.25) is 0 Å². The second kappa shape index (κ2) is 5.93. The fraction of sp³-hybridized carbons (Fsp3) is 0.154. The van der Waals surface area contributed by atoms with Crippen molar-refractivity contribution in [3.63, 3.8) is 0 Å². The van der Waals surface area contributed by atoms with Gasteiger partial charge >= 0.3 is 0 Å². The standard InChI is InChI=1S/C13H12N2OS4/c17-12-14-10(7-19-12)16-11-8-20-13(18,15-11)6-9-4-2-1-3-5-9/h1-5,7-8,15,18H,6H2,(H,14,17). The molecule has 2 heterocycles. The van der Waals surface area contributed by atoms with Gasteiger partial charge in [-0.2, -0.15) is 4.98 Å². The lowest BCUT2D eigenvalue weighted by Gasteiger charge is -2.23. The summed E-state index contributed by atoms with van der Waals surface area (Å²) in [5.74, 6) is 1.22. The van der Waals surface area contributed by atoms with E-state index in [1.807, 2.05) is 29.0 Å². The molecule has 1 aromatic heterocycles. The molecule has 0 aliphatic carbocycles. The minimum atomic E-state index is -0.392. The van der Waals surface area contributed by atoms with Crippen molar-refractivity contribution in [2.24, 2.45) is 0 Å². The average Bonchev–Trinajstić information content (AvgIpc) is 2.98. The molecule has 0 saturated carbocycles. The molecule has 3 rings (SSSR count). The predicted octanol–water partition coefficient (Wildman–Crippen LogP) is 3.77. The third-order valence-electron chi connectivity index (χ3n) is 2.65. The zero-order valence-electron chi connectivity index (χ0n) is 10.3. The molecule has 104 valence electrons. The first-order chi connectivity index (χ1) is 9.63. The van der Waals surface area contributed by atoms with Crippen LogP contribution in [-0.4, -0.2) is 9.19 Å². The number of thiazole rings is 1. The first-order valence-electron chi connectivity index (χ1n) is 5.88. The molecule has 0 amide bonds. The van der Waals surface area contributed by atoms with E-state index in [-0.39, 0.29) is 0 Å². The summed E-state index contributed by atoms with van der Waals surface area (Å²) in [5, 5.41) is 7.03. The number of ether oxygens (including phenoxy) is 1. The molecule has 0 saturated heterocycles. The monoisotopic (exact) mass is 340 g/mol. The van der Waals surface area contributed by atoms with Crippen molar-refractivity contribution >= 4 is 48.4 Å². The summed E-state index contributed by atoms with van der Waals surface area (Å²) in [6.07, 6.45) is 0.792. The zero-order valence-corrected chi connectivity index (χ0v) is 13.7. The quantitative estimate of drug-likeness (QED) is 0.740. The smallest absolute Gasteiger partial charge is 0.233 e. The molecule has 7 heteroatoms. The second-order valence-electron chi connectivity index (χ2n) is 4.24. The van der Waals surface area contributed by atoms with Gasteiger partial charge in [0.05, 0.1) is 5.38 Å². The molecule has 1 aliphatic heterocycles. The van der Waals surface area contributed by atoms with Crippen LogP contribution in [0, 0.1) is 0 Å². The molecular formula is C13H12N2OS4. The topological polar surface area (TPSA) is 34.1 Å². The molecular weight excluding hydrogens is 328 g/mol. The SMILES string of the molecule is Sc1nc(OC2=CSC(S)(Cc3ccccc3)N2)cs1. The summed E-state index contributed by atoms with van der Waals surface area (Å²) in [4.78, 5) is 4.15. The maximum Gasteiger partial charge on any atom is 0.233 e. The zero-order chi connectivity index (χ0) is 14.0. The van der Waals surface area contributed by atoms with Crippen LogP contribution in [0.5, 0.6) is 5.88 Å². The Kier molecular flexibility index (Phi) is 4.21. The minimum absolute atomic E-state index is 0.392. The summed E-state index contributed by atoms with van der Waals surface area (Å²) >= 11 is 11.9. The van der Waals surface area contributed by atoms with Gasteiger partial charge in [-0.15, -0.1) is 36.6 Å². The van der Waals surface area contributed by atoms with Crippen LogP contribution in [0.15, 0.2) is 51.3 Å². The number of benzene rings is 1. The first-order valence-corrected chi connectivity index (χ1v) is 8.53. The fourth-order valence-corrected chi connectivity index (χ4v) is 3.80. The van der Waals surface area contributed by atoms with Crippen molar-refractivity contribution in [3.05, 3.63) is 52.6 Å². The molecule has 1 aromatic carbocycles. The molecule has 2 aromatic rings. The van der Waals surface area contributed by atoms with Crippen LogP contribution in [0.25, 0.3) is 0 Å². The average molecular weight is 341 g/mol. The van der Waals surface area contributed by atoms with E-state index in [2.05, 4.69) is 35.1 Å². The fourth-order valence-electron chi connectivity index (χ4n) is 1.82. The number of aromatic nitrogens is 1. The van der Waals surface area contributed by atoms with E-state index in [0.29, 0.717) is 16.1 Å². The van der Waals surface area contributed by atoms with Crippen molar-refractivity contribution < 1.29 is 4.74 Å². The largest absolute Gasteiger partial charge is 0.422 e. The Labute approximate surface area is 136 Å². The first kappa shape index (κ1) is 14.2. The summed E-state index contributed by atoms with van der Waals surface area (Å²) in [5.41, 5.74) is 1.23. The van der Waals surface area contributed by atoms with Gasteiger partial charge < -0.3 is 10.1 Å². The van der Waals surface area contributed by atoms with E-state index in [1.165, 1.54) is 16.9 Å². The molecule has 0 bridgehead atoms. The van der Waals surface area contributed by atoms with E-state index >= 15 is 0 Å². The van der Waals surface area contributed by atoms with E-state index in [1.54, 1.807) is 11.8 Å². The number of nitrogens with zero attached hydrogens (tertiary/aromatic N) is 1. The van der Waals surface area contributed by atoms with Crippen molar-refractivity contribution in [2.75, 3.05) is 0 Å². The summed E-state index contributed by atoms with van der Waals surface area (Å²) in [6.45, 7) is 0. The van der Waals surface area contributed by atoms with E-state index in [9.17, 15) is 0 Å². The van der Waals surface area contributed by atoms with Crippen molar-refractivity contribution in [3.8, 4) is 5.88 Å². The van der Waals surface area contributed by atoms with Crippen LogP contribution in [0.3, 0.4) is 0 Å². The summed E-state index contributed by atoms with van der Waals surface area (Å²) in [7, 11) is 0. The van der Waals surface area contributed by atoms with Gasteiger partial charge in [-0.1, -0.05) is 42.1 Å². The van der Waals surface area contributed by atoms with Gasteiger partial charge in [0.15, 0.2) is 4.34 Å². The van der Waals surface area contributed by atoms with Crippen LogP contribution >= 0.6 is 48.4 Å². The third-order valence-corrected chi connectivity index (χ3v) is 5.24. The van der Waals surface area contributed by atoms with Gasteiger partial charge in [-0.25, -0.2) is 0 Å². The van der Waals surface area contributed by atoms with Gasteiger partial charge in [0, 0.05) is 11.8 Å². The highest BCUT2D eigenvalue weighted by Gasteiger charge is 2.32. The van der Waals surface area contributed by atoms with E-state index < -0.39 is 4.20 Å². The maximum absolute atomic E-state index is 5.66. The van der Waals surface area contributed by atoms with Crippen LogP contribution in [-0.2, 0) is 6.42 Å². The molecule has 0 radical (unpaired) electrons. The molecule has 3 nitrogen and oxygen atoms in total. The van der Waals surface area contributed by atoms with Crippen LogP contribution in [0.2, 0.25) is 0 Å². The van der Waals surface area contributed by atoms with Crippen LogP contribution < -0.4 is 10.1 Å². The summed E-state index contributed by atoms with van der Waals surface area (Å²) in [6, 6.07) is 10.2. The van der Waals surface area contributed by atoms with Gasteiger partial charge in [0.25, 0.3) is 0 Å². The Morgan fingerprint density at radius 1 is 1.30 bits per heavy atom. The number of hydrogen-bond acceptors (Lipinski definition) is 7. The Hall–Kier alpha value is -0.760. The van der Waals surface area contributed by atoms with E-state index in [0.717, 1.165) is 6.42 Å². The Balaban J connectivity index is 1.62. The highest BCUT2D eigenvalue weighted by Crippen LogP contribution is 2.38. The van der Waals surface area contributed by atoms with Gasteiger partial charge in [0.1, 0.15) is 4.20 Å². The molecule has 0 fully saturated rings. The Bertz CT molecular complexity index is 628. The molecule has 20 heavy (non-hydrogen) atoms. The lowest BCUT2D eigenvalue weighted by atomic mass is 10.1. The normalized spacial score (nSPS) is 21.4. The predicted molar refractivity (Wildman–Crippen MR) is 90.7 cm³/mol. The maximum atomic E-state index is 5.66. The number of thiol groups is 2. The number of nitrogens with one attached hydrogen (secondary N) is 1. The lowest BCUT2D eigenvalue weighted by Crippen LogP contribution is -2.35. The molecule has 1 N–H and O–H groups in total. The molecule has 1 atom stereocenters. The second-order valence-corrected chi connectivity index (χ2v) is 8.06. The molecule has 1 aliphatic rings. The number of thioether (sulfide) groups is 1. The van der Waals surface area contributed by atoms with Gasteiger partial charge in [0.2, 0.25) is 11.8 Å². The van der Waals surface area contributed by atoms with Crippen molar-refractivity contribution in [1.29, 1.82) is 0 Å². The number of hydrogen-bond donors (Lipinski definition) is 3. The lowest BCUT2D eigenvalue weighted by molar-refractivity contribution is 0.364.